The molecule has 2 rings (SSSR count). The number of ether oxygens (including phenoxy) is 1. The summed E-state index contributed by atoms with van der Waals surface area (Å²) >= 11 is 0. The van der Waals surface area contributed by atoms with Crippen LogP contribution >= 0.6 is 0 Å². The summed E-state index contributed by atoms with van der Waals surface area (Å²) in [5.74, 6) is -1.85. The highest BCUT2D eigenvalue weighted by Gasteiger charge is 2.23. The highest BCUT2D eigenvalue weighted by atomic mass is 19.1. The Morgan fingerprint density at radius 2 is 1.69 bits per heavy atom. The number of esters is 1. The normalized spacial score (nSPS) is 11.5. The van der Waals surface area contributed by atoms with Gasteiger partial charge in [0.2, 0.25) is 5.78 Å². The Bertz CT molecular complexity index is 849. The second kappa shape index (κ2) is 7.73. The second-order valence-electron chi connectivity index (χ2n) is 5.77. The molecule has 26 heavy (non-hydrogen) atoms. The van der Waals surface area contributed by atoms with Crippen LogP contribution in [0.1, 0.15) is 27.6 Å². The monoisotopic (exact) mass is 360 g/mol. The van der Waals surface area contributed by atoms with Crippen molar-refractivity contribution in [3.05, 3.63) is 69.5 Å². The minimum Gasteiger partial charge on any atom is -0.451 e. The molecule has 136 valence electrons. The number of benzene rings is 2. The largest absolute Gasteiger partial charge is 0.451 e. The molecule has 0 unspecified atom stereocenters. The Morgan fingerprint density at radius 1 is 1.12 bits per heavy atom. The minimum absolute atomic E-state index is 0.0407. The van der Waals surface area contributed by atoms with Crippen molar-refractivity contribution in [2.24, 2.45) is 0 Å². The summed E-state index contributed by atoms with van der Waals surface area (Å²) in [7, 11) is 3.29. The maximum absolute atomic E-state index is 12.9. The molecule has 2 aromatic rings. The number of carbonyl (C=O) groups is 2. The van der Waals surface area contributed by atoms with Crippen LogP contribution in [0.3, 0.4) is 0 Å². The molecule has 0 aromatic heterocycles. The highest BCUT2D eigenvalue weighted by Crippen LogP contribution is 2.28. The number of nitrogens with zero attached hydrogens (tertiary/aromatic N) is 2. The lowest BCUT2D eigenvalue weighted by Crippen LogP contribution is -2.24. The molecule has 1 atom stereocenters. The first-order valence-electron chi connectivity index (χ1n) is 7.67. The van der Waals surface area contributed by atoms with Gasteiger partial charge in [0.05, 0.1) is 10.5 Å². The smallest absolute Gasteiger partial charge is 0.339 e. The quantitative estimate of drug-likeness (QED) is 0.340. The maximum atomic E-state index is 12.9. The number of hydrogen-bond donors (Lipinski definition) is 0. The van der Waals surface area contributed by atoms with Crippen LogP contribution in [0.25, 0.3) is 0 Å². The molecule has 7 nitrogen and oxygen atoms in total. The van der Waals surface area contributed by atoms with E-state index >= 15 is 0 Å². The van der Waals surface area contributed by atoms with E-state index in [0.29, 0.717) is 5.69 Å². The van der Waals surface area contributed by atoms with Crippen molar-refractivity contribution >= 4 is 23.1 Å². The van der Waals surface area contributed by atoms with Gasteiger partial charge >= 0.3 is 5.97 Å². The van der Waals surface area contributed by atoms with Gasteiger partial charge in [-0.1, -0.05) is 0 Å². The molecule has 0 bridgehead atoms. The van der Waals surface area contributed by atoms with E-state index in [2.05, 4.69) is 0 Å². The Balaban J connectivity index is 2.18. The van der Waals surface area contributed by atoms with Gasteiger partial charge in [-0.2, -0.15) is 0 Å². The van der Waals surface area contributed by atoms with Gasteiger partial charge in [-0.15, -0.1) is 0 Å². The summed E-state index contributed by atoms with van der Waals surface area (Å²) in [6.07, 6.45) is -1.12. The number of Topliss-reactive ketones (excluding diaryl/α,β-unsaturated/α-hetero) is 1. The zero-order chi connectivity index (χ0) is 19.4. The topological polar surface area (TPSA) is 89.8 Å². The molecular weight excluding hydrogens is 343 g/mol. The Morgan fingerprint density at radius 3 is 2.23 bits per heavy atom. The number of hydrogen-bond acceptors (Lipinski definition) is 6. The fraction of sp³-hybridized carbons (Fsp3) is 0.222. The third-order valence-corrected chi connectivity index (χ3v) is 3.67. The van der Waals surface area contributed by atoms with Gasteiger partial charge in [-0.25, -0.2) is 9.18 Å². The number of halogens is 1. The lowest BCUT2D eigenvalue weighted by Gasteiger charge is -2.15. The van der Waals surface area contributed by atoms with Crippen LogP contribution in [0.2, 0.25) is 0 Å². The van der Waals surface area contributed by atoms with Crippen LogP contribution < -0.4 is 4.90 Å². The Kier molecular flexibility index (Phi) is 5.66. The predicted octanol–water partition coefficient (Wildman–Crippen LogP) is 3.23. The molecule has 8 heteroatoms. The molecule has 0 aliphatic rings. The summed E-state index contributed by atoms with van der Waals surface area (Å²) < 4.78 is 18.0. The third-order valence-electron chi connectivity index (χ3n) is 3.67. The average Bonchev–Trinajstić information content (AvgIpc) is 2.60. The van der Waals surface area contributed by atoms with E-state index in [1.54, 1.807) is 19.0 Å². The molecular formula is C18H17FN2O5. The summed E-state index contributed by atoms with van der Waals surface area (Å²) in [6.45, 7) is 1.38. The molecule has 0 saturated heterocycles. The molecule has 0 aliphatic carbocycles. The molecule has 0 fully saturated rings. The number of anilines is 1. The highest BCUT2D eigenvalue weighted by molar-refractivity contribution is 6.01. The zero-order valence-corrected chi connectivity index (χ0v) is 14.4. The number of nitro benzene ring substituents is 1. The van der Waals surface area contributed by atoms with E-state index in [-0.39, 0.29) is 16.8 Å². The van der Waals surface area contributed by atoms with Gasteiger partial charge in [0.1, 0.15) is 11.5 Å². The van der Waals surface area contributed by atoms with Crippen LogP contribution in [0, 0.1) is 15.9 Å². The number of nitro groups is 1. The van der Waals surface area contributed by atoms with Gasteiger partial charge in [-0.05, 0) is 43.3 Å². The van der Waals surface area contributed by atoms with E-state index in [9.17, 15) is 24.1 Å². The summed E-state index contributed by atoms with van der Waals surface area (Å²) in [5.41, 5.74) is 0.241. The minimum atomic E-state index is -1.12. The Labute approximate surface area is 149 Å². The summed E-state index contributed by atoms with van der Waals surface area (Å²) in [5, 5.41) is 11.2. The van der Waals surface area contributed by atoms with E-state index in [1.807, 2.05) is 0 Å². The molecule has 0 N–H and O–H groups in total. The second-order valence-corrected chi connectivity index (χ2v) is 5.77. The number of rotatable bonds is 6. The molecule has 0 heterocycles. The van der Waals surface area contributed by atoms with Crippen molar-refractivity contribution in [1.82, 2.24) is 0 Å². The van der Waals surface area contributed by atoms with Crippen LogP contribution in [0.15, 0.2) is 42.5 Å². The van der Waals surface area contributed by atoms with E-state index in [4.69, 9.17) is 4.74 Å². The van der Waals surface area contributed by atoms with Crippen molar-refractivity contribution in [2.45, 2.75) is 13.0 Å². The van der Waals surface area contributed by atoms with Gasteiger partial charge in [0.25, 0.3) is 5.69 Å². The molecule has 0 aliphatic heterocycles. The summed E-state index contributed by atoms with van der Waals surface area (Å²) in [4.78, 5) is 36.6. The standard InChI is InChI=1S/C18H17FN2O5/c1-11(17(22)12-4-7-14(19)8-5-12)26-18(23)13-6-9-15(20(2)3)16(10-13)21(24)25/h4-11H,1-3H3/t11-/m1/s1. The van der Waals surface area contributed by atoms with Crippen molar-refractivity contribution in [3.63, 3.8) is 0 Å². The van der Waals surface area contributed by atoms with E-state index in [1.165, 1.54) is 31.2 Å². The maximum Gasteiger partial charge on any atom is 0.339 e. The van der Waals surface area contributed by atoms with Gasteiger partial charge in [0.15, 0.2) is 6.10 Å². The third kappa shape index (κ3) is 4.21. The van der Waals surface area contributed by atoms with Gasteiger partial charge in [-0.3, -0.25) is 14.9 Å². The van der Waals surface area contributed by atoms with E-state index < -0.39 is 28.6 Å². The molecule has 0 spiro atoms. The van der Waals surface area contributed by atoms with Crippen molar-refractivity contribution in [1.29, 1.82) is 0 Å². The average molecular weight is 360 g/mol. The SMILES string of the molecule is C[C@@H](OC(=O)c1ccc(N(C)C)c([N+](=O)[O-])c1)C(=O)c1ccc(F)cc1. The first-order chi connectivity index (χ1) is 12.2. The van der Waals surface area contributed by atoms with Crippen LogP contribution in [0.5, 0.6) is 0 Å². The summed E-state index contributed by atoms with van der Waals surface area (Å²) in [6, 6.07) is 8.77. The first-order valence-corrected chi connectivity index (χ1v) is 7.67. The molecule has 0 saturated carbocycles. The molecule has 2 aromatic carbocycles. The van der Waals surface area contributed by atoms with Gasteiger partial charge < -0.3 is 9.64 Å². The van der Waals surface area contributed by atoms with Crippen LogP contribution in [-0.4, -0.2) is 36.9 Å². The number of ketones is 1. The van der Waals surface area contributed by atoms with Crippen molar-refractivity contribution in [3.8, 4) is 0 Å². The van der Waals surface area contributed by atoms with Crippen molar-refractivity contribution < 1.29 is 23.6 Å². The lowest BCUT2D eigenvalue weighted by atomic mass is 10.1. The Hall–Kier alpha value is -3.29. The van der Waals surface area contributed by atoms with Gasteiger partial charge in [0, 0.05) is 25.7 Å². The fourth-order valence-electron chi connectivity index (χ4n) is 2.31. The van der Waals surface area contributed by atoms with Crippen molar-refractivity contribution in [2.75, 3.05) is 19.0 Å². The zero-order valence-electron chi connectivity index (χ0n) is 14.4. The van der Waals surface area contributed by atoms with E-state index in [0.717, 1.165) is 18.2 Å². The van der Waals surface area contributed by atoms with Crippen LogP contribution in [-0.2, 0) is 4.74 Å². The molecule has 0 radical (unpaired) electrons. The molecule has 0 amide bonds. The lowest BCUT2D eigenvalue weighted by molar-refractivity contribution is -0.384. The predicted molar refractivity (Wildman–Crippen MR) is 93.0 cm³/mol. The van der Waals surface area contributed by atoms with Crippen LogP contribution in [0.4, 0.5) is 15.8 Å². The number of carbonyl (C=O) groups excluding carboxylic acids is 2. The fourth-order valence-corrected chi connectivity index (χ4v) is 2.31. The first kappa shape index (κ1) is 19.0.